The largest absolute Gasteiger partial charge is 0.370 e. The summed E-state index contributed by atoms with van der Waals surface area (Å²) in [6.45, 7) is 0.571. The Morgan fingerprint density at radius 2 is 2.18 bits per heavy atom. The van der Waals surface area contributed by atoms with Gasteiger partial charge < -0.3 is 4.74 Å². The van der Waals surface area contributed by atoms with Crippen LogP contribution in [0.25, 0.3) is 0 Å². The van der Waals surface area contributed by atoms with Crippen LogP contribution >= 0.6 is 0 Å². The minimum atomic E-state index is -0.934. The molecule has 0 saturated carbocycles. The lowest BCUT2D eigenvalue weighted by Crippen LogP contribution is -2.29. The van der Waals surface area contributed by atoms with Gasteiger partial charge in [-0.05, 0) is 30.9 Å². The second kappa shape index (κ2) is 5.36. The van der Waals surface area contributed by atoms with Gasteiger partial charge in [-0.3, -0.25) is 4.79 Å². The van der Waals surface area contributed by atoms with Gasteiger partial charge in [0.15, 0.2) is 17.4 Å². The normalized spacial score (nSPS) is 20.2. The van der Waals surface area contributed by atoms with Crippen molar-refractivity contribution < 1.29 is 18.3 Å². The lowest BCUT2D eigenvalue weighted by molar-refractivity contribution is -0.132. The fourth-order valence-electron chi connectivity index (χ4n) is 1.98. The Bertz CT molecular complexity index is 412. The van der Waals surface area contributed by atoms with Gasteiger partial charge >= 0.3 is 0 Å². The maximum absolute atomic E-state index is 13.4. The number of halogens is 2. The van der Waals surface area contributed by atoms with Gasteiger partial charge in [0.25, 0.3) is 0 Å². The zero-order valence-corrected chi connectivity index (χ0v) is 9.42. The first kappa shape index (κ1) is 12.2. The zero-order chi connectivity index (χ0) is 12.3. The van der Waals surface area contributed by atoms with Crippen LogP contribution in [-0.2, 0) is 16.0 Å². The molecule has 2 nitrogen and oxygen atoms in total. The molecule has 2 rings (SSSR count). The monoisotopic (exact) mass is 240 g/mol. The molecule has 1 fully saturated rings. The molecule has 1 aliphatic rings. The van der Waals surface area contributed by atoms with Gasteiger partial charge in [-0.2, -0.15) is 0 Å². The number of rotatable bonds is 3. The highest BCUT2D eigenvalue weighted by molar-refractivity contribution is 5.85. The molecule has 1 heterocycles. The summed E-state index contributed by atoms with van der Waals surface area (Å²) < 4.78 is 31.6. The molecule has 1 aromatic carbocycles. The number of ether oxygens (including phenoxy) is 1. The van der Waals surface area contributed by atoms with Gasteiger partial charge in [0.05, 0.1) is 0 Å². The summed E-state index contributed by atoms with van der Waals surface area (Å²) in [6.07, 6.45) is 2.02. The summed E-state index contributed by atoms with van der Waals surface area (Å²) in [5.41, 5.74) is 0.101. The molecular weight excluding hydrogens is 226 g/mol. The summed E-state index contributed by atoms with van der Waals surface area (Å²) in [5.74, 6) is -2.02. The molecular formula is C13H14F2O2. The molecule has 0 aliphatic carbocycles. The highest BCUT2D eigenvalue weighted by Crippen LogP contribution is 2.17. The van der Waals surface area contributed by atoms with E-state index in [-0.39, 0.29) is 17.8 Å². The summed E-state index contributed by atoms with van der Waals surface area (Å²) in [4.78, 5) is 11.8. The third-order valence-electron chi connectivity index (χ3n) is 2.94. The van der Waals surface area contributed by atoms with Gasteiger partial charge in [-0.25, -0.2) is 8.78 Å². The first-order chi connectivity index (χ1) is 8.18. The molecule has 0 N–H and O–H groups in total. The number of carbonyl (C=O) groups is 1. The molecule has 4 heteroatoms. The molecule has 1 aliphatic heterocycles. The molecule has 92 valence electrons. The fourth-order valence-corrected chi connectivity index (χ4v) is 1.98. The molecule has 1 atom stereocenters. The third-order valence-corrected chi connectivity index (χ3v) is 2.94. The van der Waals surface area contributed by atoms with Crippen molar-refractivity contribution in [1.82, 2.24) is 0 Å². The van der Waals surface area contributed by atoms with Gasteiger partial charge in [0.2, 0.25) is 0 Å². The quantitative estimate of drug-likeness (QED) is 0.811. The summed E-state index contributed by atoms with van der Waals surface area (Å²) in [5, 5.41) is 0. The molecule has 0 bridgehead atoms. The van der Waals surface area contributed by atoms with Gasteiger partial charge in [0.1, 0.15) is 6.10 Å². The van der Waals surface area contributed by atoms with Crippen molar-refractivity contribution in [2.45, 2.75) is 31.8 Å². The molecule has 1 saturated heterocycles. The molecule has 1 unspecified atom stereocenters. The van der Waals surface area contributed by atoms with Crippen LogP contribution in [0, 0.1) is 11.6 Å². The lowest BCUT2D eigenvalue weighted by atomic mass is 9.99. The van der Waals surface area contributed by atoms with E-state index in [4.69, 9.17) is 4.74 Å². The smallest absolute Gasteiger partial charge is 0.166 e. The molecule has 1 aromatic rings. The Kier molecular flexibility index (Phi) is 3.84. The average Bonchev–Trinajstić information content (AvgIpc) is 2.36. The average molecular weight is 240 g/mol. The molecule has 0 radical (unpaired) electrons. The molecule has 0 aromatic heterocycles. The Morgan fingerprint density at radius 3 is 2.88 bits per heavy atom. The number of carbonyl (C=O) groups excluding carboxylic acids is 1. The maximum atomic E-state index is 13.4. The van der Waals surface area contributed by atoms with Gasteiger partial charge in [-0.15, -0.1) is 0 Å². The maximum Gasteiger partial charge on any atom is 0.166 e. The highest BCUT2D eigenvalue weighted by Gasteiger charge is 2.23. The van der Waals surface area contributed by atoms with E-state index in [0.29, 0.717) is 13.0 Å². The SMILES string of the molecule is O=C(Cc1cccc(F)c1F)C1CCCCO1. The van der Waals surface area contributed by atoms with Crippen molar-refractivity contribution in [3.63, 3.8) is 0 Å². The van der Waals surface area contributed by atoms with Crippen molar-refractivity contribution in [2.75, 3.05) is 6.61 Å². The third kappa shape index (κ3) is 2.88. The minimum Gasteiger partial charge on any atom is -0.370 e. The van der Waals surface area contributed by atoms with E-state index in [1.54, 1.807) is 0 Å². The standard InChI is InChI=1S/C13H14F2O2/c14-10-5-3-4-9(13(10)15)8-11(16)12-6-1-2-7-17-12/h3-5,12H,1-2,6-8H2. The van der Waals surface area contributed by atoms with Crippen LogP contribution in [0.1, 0.15) is 24.8 Å². The summed E-state index contributed by atoms with van der Waals surface area (Å²) >= 11 is 0. The Hall–Kier alpha value is -1.29. The highest BCUT2D eigenvalue weighted by atomic mass is 19.2. The van der Waals surface area contributed by atoms with Crippen molar-refractivity contribution in [3.05, 3.63) is 35.4 Å². The minimum absolute atomic E-state index is 0.101. The Labute approximate surface area is 98.6 Å². The van der Waals surface area contributed by atoms with Gasteiger partial charge in [0, 0.05) is 13.0 Å². The van der Waals surface area contributed by atoms with Crippen LogP contribution in [0.2, 0.25) is 0 Å². The molecule has 0 spiro atoms. The van der Waals surface area contributed by atoms with Crippen LogP contribution in [0.15, 0.2) is 18.2 Å². The summed E-state index contributed by atoms with van der Waals surface area (Å²) in [6, 6.07) is 3.88. The topological polar surface area (TPSA) is 26.3 Å². The van der Waals surface area contributed by atoms with Crippen molar-refractivity contribution >= 4 is 5.78 Å². The molecule has 0 amide bonds. The predicted octanol–water partition coefficient (Wildman–Crippen LogP) is 2.65. The number of ketones is 1. The van der Waals surface area contributed by atoms with E-state index in [9.17, 15) is 13.6 Å². The van der Waals surface area contributed by atoms with Crippen LogP contribution in [0.4, 0.5) is 8.78 Å². The zero-order valence-electron chi connectivity index (χ0n) is 9.42. The van der Waals surface area contributed by atoms with Crippen LogP contribution in [-0.4, -0.2) is 18.5 Å². The van der Waals surface area contributed by atoms with Crippen LogP contribution in [0.5, 0.6) is 0 Å². The predicted molar refractivity (Wildman–Crippen MR) is 58.7 cm³/mol. The van der Waals surface area contributed by atoms with Crippen molar-refractivity contribution in [1.29, 1.82) is 0 Å². The van der Waals surface area contributed by atoms with E-state index in [1.165, 1.54) is 12.1 Å². The second-order valence-corrected chi connectivity index (χ2v) is 4.21. The summed E-state index contributed by atoms with van der Waals surface area (Å²) in [7, 11) is 0. The fraction of sp³-hybridized carbons (Fsp3) is 0.462. The van der Waals surface area contributed by atoms with Gasteiger partial charge in [-0.1, -0.05) is 12.1 Å². The van der Waals surface area contributed by atoms with E-state index in [2.05, 4.69) is 0 Å². The Morgan fingerprint density at radius 1 is 1.35 bits per heavy atom. The van der Waals surface area contributed by atoms with Crippen molar-refractivity contribution in [2.24, 2.45) is 0 Å². The Balaban J connectivity index is 2.04. The first-order valence-electron chi connectivity index (χ1n) is 5.75. The number of Topliss-reactive ketones (excluding diaryl/α,β-unsaturated/α-hetero) is 1. The van der Waals surface area contributed by atoms with E-state index in [1.807, 2.05) is 0 Å². The lowest BCUT2D eigenvalue weighted by Gasteiger charge is -2.21. The van der Waals surface area contributed by atoms with E-state index in [0.717, 1.165) is 18.9 Å². The van der Waals surface area contributed by atoms with Crippen LogP contribution < -0.4 is 0 Å². The molecule has 17 heavy (non-hydrogen) atoms. The number of benzene rings is 1. The van der Waals surface area contributed by atoms with Crippen LogP contribution in [0.3, 0.4) is 0 Å². The van der Waals surface area contributed by atoms with Crippen molar-refractivity contribution in [3.8, 4) is 0 Å². The number of hydrogen-bond acceptors (Lipinski definition) is 2. The van der Waals surface area contributed by atoms with E-state index < -0.39 is 17.7 Å². The second-order valence-electron chi connectivity index (χ2n) is 4.21. The first-order valence-corrected chi connectivity index (χ1v) is 5.75. The van der Waals surface area contributed by atoms with E-state index >= 15 is 0 Å². The number of hydrogen-bond donors (Lipinski definition) is 0.